The van der Waals surface area contributed by atoms with E-state index in [9.17, 15) is 19.7 Å². The van der Waals surface area contributed by atoms with Crippen molar-refractivity contribution >= 4 is 23.4 Å². The van der Waals surface area contributed by atoms with E-state index < -0.39 is 16.0 Å². The van der Waals surface area contributed by atoms with Crippen molar-refractivity contribution in [2.45, 2.75) is 6.92 Å². The minimum absolute atomic E-state index is 0.0353. The van der Waals surface area contributed by atoms with Gasteiger partial charge in [-0.05, 0) is 42.3 Å². The lowest BCUT2D eigenvalue weighted by atomic mass is 10.2. The van der Waals surface area contributed by atoms with Crippen LogP contribution in [0.2, 0.25) is 0 Å². The Morgan fingerprint density at radius 3 is 2.26 bits per heavy atom. The van der Waals surface area contributed by atoms with E-state index >= 15 is 0 Å². The molecule has 0 fully saturated rings. The highest BCUT2D eigenvalue weighted by atomic mass is 16.6. The second kappa shape index (κ2) is 7.08. The fourth-order valence-electron chi connectivity index (χ4n) is 2.45. The molecule has 0 amide bonds. The van der Waals surface area contributed by atoms with Gasteiger partial charge in [0, 0.05) is 12.1 Å². The number of benzene rings is 1. The Morgan fingerprint density at radius 1 is 1.11 bits per heavy atom. The first kappa shape index (κ1) is 17.8. The van der Waals surface area contributed by atoms with Gasteiger partial charge in [-0.25, -0.2) is 4.98 Å². The summed E-state index contributed by atoms with van der Waals surface area (Å²) in [5.74, 6) is 0. The minimum Gasteiger partial charge on any atom is -0.344 e. The molecule has 136 valence electrons. The molecule has 0 atom stereocenters. The molecule has 0 unspecified atom stereocenters. The van der Waals surface area contributed by atoms with E-state index in [0.29, 0.717) is 17.0 Å². The van der Waals surface area contributed by atoms with Gasteiger partial charge in [0.05, 0.1) is 22.6 Å². The zero-order valence-electron chi connectivity index (χ0n) is 14.3. The number of allylic oxidation sites excluding steroid dienone is 1. The molecule has 27 heavy (non-hydrogen) atoms. The van der Waals surface area contributed by atoms with E-state index in [1.807, 2.05) is 0 Å². The SMILES string of the molecule is C=C(C)c1[nH]cnc1/C=c1\[nH]c(=O)/c(=C/c2ccc([N+](=O)[O-])cc2)[nH]c1=O. The van der Waals surface area contributed by atoms with E-state index in [0.717, 1.165) is 5.57 Å². The summed E-state index contributed by atoms with van der Waals surface area (Å²) in [6.45, 7) is 5.61. The molecule has 0 aliphatic carbocycles. The van der Waals surface area contributed by atoms with Crippen LogP contribution in [0, 0.1) is 10.1 Å². The van der Waals surface area contributed by atoms with Gasteiger partial charge in [0.2, 0.25) is 0 Å². The van der Waals surface area contributed by atoms with Crippen LogP contribution in [0.3, 0.4) is 0 Å². The molecule has 3 N–H and O–H groups in total. The Bertz CT molecular complexity index is 1260. The van der Waals surface area contributed by atoms with Crippen LogP contribution < -0.4 is 21.8 Å². The van der Waals surface area contributed by atoms with Crippen molar-refractivity contribution in [1.82, 2.24) is 19.9 Å². The number of nitro groups is 1. The van der Waals surface area contributed by atoms with E-state index in [-0.39, 0.29) is 16.4 Å². The van der Waals surface area contributed by atoms with Gasteiger partial charge in [0.1, 0.15) is 10.7 Å². The maximum absolute atomic E-state index is 12.3. The molecule has 0 bridgehead atoms. The first-order valence-electron chi connectivity index (χ1n) is 7.85. The van der Waals surface area contributed by atoms with Gasteiger partial charge in [-0.3, -0.25) is 19.7 Å². The number of imidazole rings is 1. The van der Waals surface area contributed by atoms with Crippen LogP contribution in [0.15, 0.2) is 46.8 Å². The second-order valence-electron chi connectivity index (χ2n) is 5.82. The summed E-state index contributed by atoms with van der Waals surface area (Å²) in [5.41, 5.74) is 1.35. The number of aromatic amines is 3. The Balaban J connectivity index is 2.08. The lowest BCUT2D eigenvalue weighted by molar-refractivity contribution is -0.384. The predicted molar refractivity (Wildman–Crippen MR) is 100 cm³/mol. The summed E-state index contributed by atoms with van der Waals surface area (Å²) in [6.07, 6.45) is 4.36. The fourth-order valence-corrected chi connectivity index (χ4v) is 2.45. The summed E-state index contributed by atoms with van der Waals surface area (Å²) in [4.78, 5) is 46.8. The predicted octanol–water partition coefficient (Wildman–Crippen LogP) is 0.385. The maximum Gasteiger partial charge on any atom is 0.272 e. The molecule has 9 nitrogen and oxygen atoms in total. The maximum atomic E-state index is 12.3. The molecule has 2 aromatic heterocycles. The van der Waals surface area contributed by atoms with Crippen LogP contribution in [0.4, 0.5) is 5.69 Å². The highest BCUT2D eigenvalue weighted by Gasteiger charge is 2.05. The standard InChI is InChI=1S/C18H15N5O4/c1-10(2)16-13(19-9-20-16)8-15-18(25)21-14(17(24)22-15)7-11-3-5-12(6-4-11)23(26)27/h3-9H,1H2,2H3,(H,19,20)(H,21,25)(H,22,24)/b14-7-,15-8-. The minimum atomic E-state index is -0.517. The van der Waals surface area contributed by atoms with Crippen LogP contribution in [0.5, 0.6) is 0 Å². The van der Waals surface area contributed by atoms with Gasteiger partial charge >= 0.3 is 0 Å². The Labute approximate surface area is 151 Å². The number of rotatable bonds is 4. The van der Waals surface area contributed by atoms with Crippen LogP contribution in [0.25, 0.3) is 17.7 Å². The molecular formula is C18H15N5O4. The van der Waals surface area contributed by atoms with Crippen LogP contribution >= 0.6 is 0 Å². The smallest absolute Gasteiger partial charge is 0.272 e. The van der Waals surface area contributed by atoms with Crippen molar-refractivity contribution < 1.29 is 4.92 Å². The van der Waals surface area contributed by atoms with Crippen molar-refractivity contribution in [3.05, 3.63) is 95.6 Å². The van der Waals surface area contributed by atoms with Crippen LogP contribution in [-0.4, -0.2) is 24.9 Å². The van der Waals surface area contributed by atoms with Gasteiger partial charge in [-0.1, -0.05) is 6.58 Å². The lowest BCUT2D eigenvalue weighted by Crippen LogP contribution is -2.46. The van der Waals surface area contributed by atoms with Gasteiger partial charge in [0.15, 0.2) is 0 Å². The first-order chi connectivity index (χ1) is 12.8. The summed E-state index contributed by atoms with van der Waals surface area (Å²) in [7, 11) is 0. The molecule has 3 aromatic rings. The van der Waals surface area contributed by atoms with Crippen LogP contribution in [-0.2, 0) is 0 Å². The van der Waals surface area contributed by atoms with Gasteiger partial charge in [-0.15, -0.1) is 0 Å². The lowest BCUT2D eigenvalue weighted by Gasteiger charge is -1.96. The zero-order chi connectivity index (χ0) is 19.6. The van der Waals surface area contributed by atoms with E-state index in [4.69, 9.17) is 0 Å². The quantitative estimate of drug-likeness (QED) is 0.453. The van der Waals surface area contributed by atoms with E-state index in [1.165, 1.54) is 42.7 Å². The third-order valence-electron chi connectivity index (χ3n) is 3.78. The van der Waals surface area contributed by atoms with Crippen molar-refractivity contribution in [3.63, 3.8) is 0 Å². The Morgan fingerprint density at radius 2 is 1.70 bits per heavy atom. The number of aromatic nitrogens is 4. The molecule has 1 aromatic carbocycles. The molecule has 0 saturated heterocycles. The number of hydrogen-bond acceptors (Lipinski definition) is 5. The van der Waals surface area contributed by atoms with Crippen molar-refractivity contribution in [3.8, 4) is 0 Å². The van der Waals surface area contributed by atoms with Gasteiger partial charge < -0.3 is 15.0 Å². The third-order valence-corrected chi connectivity index (χ3v) is 3.78. The number of H-pyrrole nitrogens is 3. The highest BCUT2D eigenvalue weighted by molar-refractivity contribution is 5.66. The summed E-state index contributed by atoms with van der Waals surface area (Å²) in [5, 5.41) is 10.8. The average molecular weight is 365 g/mol. The summed E-state index contributed by atoms with van der Waals surface area (Å²) < 4.78 is 0. The van der Waals surface area contributed by atoms with E-state index in [1.54, 1.807) is 6.92 Å². The fraction of sp³-hybridized carbons (Fsp3) is 0.0556. The van der Waals surface area contributed by atoms with Gasteiger partial charge in [0.25, 0.3) is 16.8 Å². The van der Waals surface area contributed by atoms with E-state index in [2.05, 4.69) is 26.5 Å². The number of hydrogen-bond donors (Lipinski definition) is 3. The van der Waals surface area contributed by atoms with Crippen molar-refractivity contribution in [2.75, 3.05) is 0 Å². The van der Waals surface area contributed by atoms with Crippen molar-refractivity contribution in [1.29, 1.82) is 0 Å². The molecular weight excluding hydrogens is 350 g/mol. The van der Waals surface area contributed by atoms with Crippen molar-refractivity contribution in [2.24, 2.45) is 0 Å². The molecule has 0 radical (unpaired) electrons. The monoisotopic (exact) mass is 365 g/mol. The topological polar surface area (TPSA) is 138 Å². The summed E-state index contributed by atoms with van der Waals surface area (Å²) in [6, 6.07) is 5.60. The zero-order valence-corrected chi connectivity index (χ0v) is 14.3. The summed E-state index contributed by atoms with van der Waals surface area (Å²) >= 11 is 0. The average Bonchev–Trinajstić information content (AvgIpc) is 3.08. The normalized spacial score (nSPS) is 12.3. The molecule has 0 aliphatic rings. The Hall–Kier alpha value is -4.01. The molecule has 0 spiro atoms. The van der Waals surface area contributed by atoms with Crippen LogP contribution in [0.1, 0.15) is 23.9 Å². The third kappa shape index (κ3) is 3.82. The number of nitro benzene ring substituents is 1. The molecule has 2 heterocycles. The number of nitrogens with zero attached hydrogens (tertiary/aromatic N) is 2. The largest absolute Gasteiger partial charge is 0.344 e. The molecule has 0 saturated carbocycles. The second-order valence-corrected chi connectivity index (χ2v) is 5.82. The molecule has 9 heteroatoms. The Kier molecular flexibility index (Phi) is 4.67. The number of non-ortho nitro benzene ring substituents is 1. The first-order valence-corrected chi connectivity index (χ1v) is 7.85. The highest BCUT2D eigenvalue weighted by Crippen LogP contribution is 2.13. The molecule has 3 rings (SSSR count). The van der Waals surface area contributed by atoms with Gasteiger partial charge in [-0.2, -0.15) is 0 Å². The number of nitrogens with one attached hydrogen (secondary N) is 3. The molecule has 0 aliphatic heterocycles.